The number of rotatable bonds is 6. The molecular weight excluding hydrogens is 216 g/mol. The smallest absolute Gasteiger partial charge is 0.314 e. The first-order valence-electron chi connectivity index (χ1n) is 5.97. The van der Waals surface area contributed by atoms with Crippen LogP contribution in [0, 0.1) is 5.92 Å². The fraction of sp³-hybridized carbons (Fsp3) is 0.500. The summed E-state index contributed by atoms with van der Waals surface area (Å²) in [6.45, 7) is 4.51. The molecule has 1 aromatic rings. The van der Waals surface area contributed by atoms with E-state index in [2.05, 4.69) is 6.92 Å². The topological polar surface area (TPSA) is 35.5 Å². The second-order valence-corrected chi connectivity index (χ2v) is 4.10. The molecule has 0 aliphatic carbocycles. The van der Waals surface area contributed by atoms with E-state index in [9.17, 15) is 4.79 Å². The van der Waals surface area contributed by atoms with Gasteiger partial charge in [0, 0.05) is 13.7 Å². The molecule has 3 nitrogen and oxygen atoms in total. The molecule has 0 heterocycles. The van der Waals surface area contributed by atoms with Crippen molar-refractivity contribution in [3.8, 4) is 5.75 Å². The second-order valence-electron chi connectivity index (χ2n) is 4.10. The van der Waals surface area contributed by atoms with Gasteiger partial charge >= 0.3 is 5.97 Å². The molecule has 0 aliphatic rings. The molecule has 1 unspecified atom stereocenters. The Kier molecular flexibility index (Phi) is 5.70. The third kappa shape index (κ3) is 4.57. The fourth-order valence-electron chi connectivity index (χ4n) is 1.42. The maximum atomic E-state index is 11.7. The van der Waals surface area contributed by atoms with Crippen LogP contribution in [0.4, 0.5) is 0 Å². The molecule has 0 amide bonds. The van der Waals surface area contributed by atoms with Crippen LogP contribution in [0.3, 0.4) is 0 Å². The normalized spacial score (nSPS) is 12.2. The van der Waals surface area contributed by atoms with Crippen molar-refractivity contribution in [2.75, 3.05) is 13.7 Å². The number of benzene rings is 1. The first kappa shape index (κ1) is 13.7. The van der Waals surface area contributed by atoms with Gasteiger partial charge in [0.2, 0.25) is 0 Å². The van der Waals surface area contributed by atoms with Crippen LogP contribution in [0.5, 0.6) is 5.75 Å². The van der Waals surface area contributed by atoms with Gasteiger partial charge in [-0.2, -0.15) is 0 Å². The summed E-state index contributed by atoms with van der Waals surface area (Å²) in [6.07, 6.45) is 1.67. The van der Waals surface area contributed by atoms with Gasteiger partial charge in [0.1, 0.15) is 5.75 Å². The van der Waals surface area contributed by atoms with Crippen LogP contribution in [0.2, 0.25) is 0 Å². The van der Waals surface area contributed by atoms with Crippen molar-refractivity contribution >= 4 is 5.97 Å². The molecule has 1 aromatic carbocycles. The molecule has 0 aromatic heterocycles. The van der Waals surface area contributed by atoms with Gasteiger partial charge in [0.15, 0.2) is 0 Å². The van der Waals surface area contributed by atoms with Crippen molar-refractivity contribution in [2.45, 2.75) is 26.7 Å². The highest BCUT2D eigenvalue weighted by Crippen LogP contribution is 2.15. The molecule has 1 atom stereocenters. The molecule has 0 bridgehead atoms. The summed E-state index contributed by atoms with van der Waals surface area (Å²) in [6, 6.07) is 7.62. The highest BCUT2D eigenvalue weighted by atomic mass is 16.5. The molecule has 0 fully saturated rings. The SMILES string of the molecule is CCc1ccc(OC(=O)C(C)CCOC)cc1. The fourth-order valence-corrected chi connectivity index (χ4v) is 1.42. The molecule has 0 saturated carbocycles. The minimum atomic E-state index is -0.203. The molecular formula is C14H20O3. The van der Waals surface area contributed by atoms with E-state index in [4.69, 9.17) is 9.47 Å². The summed E-state index contributed by atoms with van der Waals surface area (Å²) in [4.78, 5) is 11.7. The number of carbonyl (C=O) groups is 1. The largest absolute Gasteiger partial charge is 0.426 e. The zero-order valence-corrected chi connectivity index (χ0v) is 10.7. The molecule has 0 N–H and O–H groups in total. The van der Waals surface area contributed by atoms with Crippen LogP contribution in [-0.2, 0) is 16.0 Å². The third-order valence-electron chi connectivity index (χ3n) is 2.71. The van der Waals surface area contributed by atoms with Gasteiger partial charge in [-0.05, 0) is 30.5 Å². The van der Waals surface area contributed by atoms with E-state index in [1.54, 1.807) is 7.11 Å². The lowest BCUT2D eigenvalue weighted by molar-refractivity contribution is -0.138. The summed E-state index contributed by atoms with van der Waals surface area (Å²) < 4.78 is 10.2. The lowest BCUT2D eigenvalue weighted by atomic mass is 10.1. The van der Waals surface area contributed by atoms with Crippen LogP contribution in [0.15, 0.2) is 24.3 Å². The highest BCUT2D eigenvalue weighted by molar-refractivity contribution is 5.74. The number of ether oxygens (including phenoxy) is 2. The number of methoxy groups -OCH3 is 1. The molecule has 0 radical (unpaired) electrons. The maximum Gasteiger partial charge on any atom is 0.314 e. The van der Waals surface area contributed by atoms with E-state index >= 15 is 0 Å². The third-order valence-corrected chi connectivity index (χ3v) is 2.71. The minimum absolute atomic E-state index is 0.138. The summed E-state index contributed by atoms with van der Waals surface area (Å²) in [5.74, 6) is 0.267. The van der Waals surface area contributed by atoms with E-state index in [1.165, 1.54) is 5.56 Å². The Labute approximate surface area is 103 Å². The van der Waals surface area contributed by atoms with Crippen molar-refractivity contribution < 1.29 is 14.3 Å². The quantitative estimate of drug-likeness (QED) is 0.563. The van der Waals surface area contributed by atoms with Gasteiger partial charge in [-0.15, -0.1) is 0 Å². The summed E-state index contributed by atoms with van der Waals surface area (Å²) in [5, 5.41) is 0. The average molecular weight is 236 g/mol. The van der Waals surface area contributed by atoms with Crippen molar-refractivity contribution in [2.24, 2.45) is 5.92 Å². The number of carbonyl (C=O) groups excluding carboxylic acids is 1. The lowest BCUT2D eigenvalue weighted by Gasteiger charge is -2.10. The summed E-state index contributed by atoms with van der Waals surface area (Å²) in [7, 11) is 1.63. The number of esters is 1. The molecule has 17 heavy (non-hydrogen) atoms. The van der Waals surface area contributed by atoms with Crippen molar-refractivity contribution in [1.82, 2.24) is 0 Å². The van der Waals surface area contributed by atoms with E-state index in [0.717, 1.165) is 6.42 Å². The zero-order chi connectivity index (χ0) is 12.7. The van der Waals surface area contributed by atoms with Gasteiger partial charge in [0.25, 0.3) is 0 Å². The van der Waals surface area contributed by atoms with Gasteiger partial charge in [-0.3, -0.25) is 4.79 Å². The van der Waals surface area contributed by atoms with Crippen molar-refractivity contribution in [1.29, 1.82) is 0 Å². The second kappa shape index (κ2) is 7.07. The number of hydrogen-bond donors (Lipinski definition) is 0. The van der Waals surface area contributed by atoms with E-state index < -0.39 is 0 Å². The van der Waals surface area contributed by atoms with E-state index in [1.807, 2.05) is 31.2 Å². The predicted molar refractivity (Wildman–Crippen MR) is 67.1 cm³/mol. The summed E-state index contributed by atoms with van der Waals surface area (Å²) >= 11 is 0. The first-order valence-corrected chi connectivity index (χ1v) is 5.97. The van der Waals surface area contributed by atoms with Crippen LogP contribution in [0.1, 0.15) is 25.8 Å². The molecule has 94 valence electrons. The Morgan fingerprint density at radius 2 is 1.94 bits per heavy atom. The molecule has 3 heteroatoms. The Bertz CT molecular complexity index is 343. The monoisotopic (exact) mass is 236 g/mol. The van der Waals surface area contributed by atoms with Gasteiger partial charge in [0.05, 0.1) is 5.92 Å². The van der Waals surface area contributed by atoms with Crippen LogP contribution < -0.4 is 4.74 Å². The standard InChI is InChI=1S/C14H20O3/c1-4-12-5-7-13(8-6-12)17-14(15)11(2)9-10-16-3/h5-8,11H,4,9-10H2,1-3H3. The lowest BCUT2D eigenvalue weighted by Crippen LogP contribution is -2.19. The Morgan fingerprint density at radius 1 is 1.29 bits per heavy atom. The first-order chi connectivity index (χ1) is 8.17. The zero-order valence-electron chi connectivity index (χ0n) is 10.7. The van der Waals surface area contributed by atoms with Crippen LogP contribution in [0.25, 0.3) is 0 Å². The number of aryl methyl sites for hydroxylation is 1. The van der Waals surface area contributed by atoms with Crippen molar-refractivity contribution in [3.63, 3.8) is 0 Å². The highest BCUT2D eigenvalue weighted by Gasteiger charge is 2.14. The molecule has 0 aliphatic heterocycles. The van der Waals surface area contributed by atoms with Gasteiger partial charge in [-0.25, -0.2) is 0 Å². The Hall–Kier alpha value is -1.35. The predicted octanol–water partition coefficient (Wildman–Crippen LogP) is 2.83. The average Bonchev–Trinajstić information content (AvgIpc) is 2.36. The summed E-state index contributed by atoms with van der Waals surface area (Å²) in [5.41, 5.74) is 1.23. The Morgan fingerprint density at radius 3 is 2.47 bits per heavy atom. The van der Waals surface area contributed by atoms with Crippen LogP contribution >= 0.6 is 0 Å². The minimum Gasteiger partial charge on any atom is -0.426 e. The van der Waals surface area contributed by atoms with Gasteiger partial charge < -0.3 is 9.47 Å². The Balaban J connectivity index is 2.49. The van der Waals surface area contributed by atoms with Crippen LogP contribution in [-0.4, -0.2) is 19.7 Å². The van der Waals surface area contributed by atoms with Gasteiger partial charge in [-0.1, -0.05) is 26.0 Å². The van der Waals surface area contributed by atoms with Crippen molar-refractivity contribution in [3.05, 3.63) is 29.8 Å². The molecule has 0 saturated heterocycles. The van der Waals surface area contributed by atoms with E-state index in [0.29, 0.717) is 18.8 Å². The van der Waals surface area contributed by atoms with E-state index in [-0.39, 0.29) is 11.9 Å². The molecule has 0 spiro atoms. The maximum absolute atomic E-state index is 11.7. The molecule has 1 rings (SSSR count). The number of hydrogen-bond acceptors (Lipinski definition) is 3.